The van der Waals surface area contributed by atoms with Crippen LogP contribution in [0.25, 0.3) is 0 Å². The molecule has 0 unspecified atom stereocenters. The van der Waals surface area contributed by atoms with Gasteiger partial charge in [0.05, 0.1) is 18.0 Å². The second-order valence-corrected chi connectivity index (χ2v) is 9.55. The van der Waals surface area contributed by atoms with Gasteiger partial charge in [0.25, 0.3) is 0 Å². The SMILES string of the molecule is Cc1cc(C)c(C)c(S(=O)(=O)NC2CC[NH+](Cc3ccccc3)CC2)c1C. The van der Waals surface area contributed by atoms with E-state index in [4.69, 9.17) is 0 Å². The van der Waals surface area contributed by atoms with E-state index >= 15 is 0 Å². The molecule has 0 aliphatic carbocycles. The van der Waals surface area contributed by atoms with Gasteiger partial charge in [0.1, 0.15) is 6.54 Å². The Balaban J connectivity index is 1.67. The van der Waals surface area contributed by atoms with Gasteiger partial charge < -0.3 is 4.90 Å². The predicted octanol–water partition coefficient (Wildman–Crippen LogP) is 2.45. The fraction of sp³-hybridized carbons (Fsp3) is 0.455. The lowest BCUT2D eigenvalue weighted by molar-refractivity contribution is -0.918. The minimum atomic E-state index is -3.50. The summed E-state index contributed by atoms with van der Waals surface area (Å²) in [5.74, 6) is 0. The summed E-state index contributed by atoms with van der Waals surface area (Å²) in [6.07, 6.45) is 1.76. The van der Waals surface area contributed by atoms with Gasteiger partial charge in [-0.2, -0.15) is 0 Å². The lowest BCUT2D eigenvalue weighted by atomic mass is 10.0. The van der Waals surface area contributed by atoms with Crippen molar-refractivity contribution in [3.8, 4) is 0 Å². The lowest BCUT2D eigenvalue weighted by Crippen LogP contribution is -3.12. The number of benzene rings is 2. The van der Waals surface area contributed by atoms with Crippen LogP contribution in [0.4, 0.5) is 0 Å². The molecule has 2 aromatic rings. The van der Waals surface area contributed by atoms with E-state index in [1.54, 1.807) is 0 Å². The maximum atomic E-state index is 13.1. The number of quaternary nitrogens is 1. The third-order valence-corrected chi connectivity index (χ3v) is 7.67. The van der Waals surface area contributed by atoms with E-state index in [-0.39, 0.29) is 6.04 Å². The van der Waals surface area contributed by atoms with Crippen LogP contribution in [-0.2, 0) is 16.6 Å². The van der Waals surface area contributed by atoms with Gasteiger partial charge in [-0.05, 0) is 49.9 Å². The van der Waals surface area contributed by atoms with Crippen molar-refractivity contribution in [1.82, 2.24) is 4.72 Å². The molecule has 1 fully saturated rings. The van der Waals surface area contributed by atoms with Gasteiger partial charge >= 0.3 is 0 Å². The standard InChI is InChI=1S/C22H30N2O2S/c1-16-14-17(2)19(4)22(18(16)3)27(25,26)23-21-10-12-24(13-11-21)15-20-8-6-5-7-9-20/h5-9,14,21,23H,10-13,15H2,1-4H3/p+1. The third kappa shape index (κ3) is 4.60. The minimum absolute atomic E-state index is 0.0224. The molecule has 2 aromatic carbocycles. The van der Waals surface area contributed by atoms with Gasteiger partial charge in [0.2, 0.25) is 10.0 Å². The minimum Gasteiger partial charge on any atom is -0.331 e. The summed E-state index contributed by atoms with van der Waals surface area (Å²) in [4.78, 5) is 1.99. The number of nitrogens with one attached hydrogen (secondary N) is 2. The molecule has 1 saturated heterocycles. The Hall–Kier alpha value is -1.69. The van der Waals surface area contributed by atoms with Crippen molar-refractivity contribution in [2.24, 2.45) is 0 Å². The van der Waals surface area contributed by atoms with Gasteiger partial charge in [0, 0.05) is 24.4 Å². The summed E-state index contributed by atoms with van der Waals surface area (Å²) in [5, 5.41) is 0. The molecule has 146 valence electrons. The van der Waals surface area contributed by atoms with Crippen molar-refractivity contribution < 1.29 is 13.3 Å². The topological polar surface area (TPSA) is 50.6 Å². The maximum Gasteiger partial charge on any atom is 0.241 e. The van der Waals surface area contributed by atoms with Crippen molar-refractivity contribution >= 4 is 10.0 Å². The second kappa shape index (κ2) is 8.13. The van der Waals surface area contributed by atoms with Gasteiger partial charge in [-0.25, -0.2) is 13.1 Å². The number of aryl methyl sites for hydroxylation is 2. The predicted molar refractivity (Wildman–Crippen MR) is 110 cm³/mol. The molecule has 1 heterocycles. The quantitative estimate of drug-likeness (QED) is 0.828. The van der Waals surface area contributed by atoms with E-state index < -0.39 is 10.0 Å². The van der Waals surface area contributed by atoms with Crippen molar-refractivity contribution in [2.75, 3.05) is 13.1 Å². The fourth-order valence-electron chi connectivity index (χ4n) is 4.07. The van der Waals surface area contributed by atoms with E-state index in [0.29, 0.717) is 4.90 Å². The molecular weight excluding hydrogens is 356 g/mol. The van der Waals surface area contributed by atoms with Gasteiger partial charge in [0.15, 0.2) is 0 Å². The van der Waals surface area contributed by atoms with E-state index in [0.717, 1.165) is 54.7 Å². The zero-order chi connectivity index (χ0) is 19.6. The largest absolute Gasteiger partial charge is 0.331 e. The van der Waals surface area contributed by atoms with Gasteiger partial charge in [-0.3, -0.25) is 0 Å². The van der Waals surface area contributed by atoms with Crippen LogP contribution in [-0.4, -0.2) is 27.5 Å². The number of hydrogen-bond acceptors (Lipinski definition) is 2. The Labute approximate surface area is 163 Å². The summed E-state index contributed by atoms with van der Waals surface area (Å²) < 4.78 is 29.2. The molecule has 0 spiro atoms. The molecule has 1 aliphatic heterocycles. The highest BCUT2D eigenvalue weighted by atomic mass is 32.2. The highest BCUT2D eigenvalue weighted by Gasteiger charge is 2.29. The summed E-state index contributed by atoms with van der Waals surface area (Å²) in [7, 11) is -3.50. The zero-order valence-corrected chi connectivity index (χ0v) is 17.6. The Morgan fingerprint density at radius 3 is 2.07 bits per heavy atom. The molecule has 4 nitrogen and oxygen atoms in total. The molecule has 27 heavy (non-hydrogen) atoms. The molecular formula is C22H31N2O2S+. The molecule has 0 atom stereocenters. The molecule has 5 heteroatoms. The highest BCUT2D eigenvalue weighted by Crippen LogP contribution is 2.26. The van der Waals surface area contributed by atoms with Crippen LogP contribution in [0.2, 0.25) is 0 Å². The van der Waals surface area contributed by atoms with Crippen LogP contribution in [0.3, 0.4) is 0 Å². The van der Waals surface area contributed by atoms with Crippen LogP contribution in [0.1, 0.15) is 40.7 Å². The average molecular weight is 388 g/mol. The first-order chi connectivity index (χ1) is 12.8. The number of sulfonamides is 1. The number of rotatable bonds is 5. The van der Waals surface area contributed by atoms with E-state index in [9.17, 15) is 8.42 Å². The van der Waals surface area contributed by atoms with Crippen molar-refractivity contribution in [3.63, 3.8) is 0 Å². The van der Waals surface area contributed by atoms with Crippen molar-refractivity contribution in [2.45, 2.75) is 58.0 Å². The van der Waals surface area contributed by atoms with Crippen LogP contribution >= 0.6 is 0 Å². The monoisotopic (exact) mass is 387 g/mol. The Kier molecular flexibility index (Phi) is 6.04. The first kappa shape index (κ1) is 20.1. The van der Waals surface area contributed by atoms with Gasteiger partial charge in [-0.15, -0.1) is 0 Å². The van der Waals surface area contributed by atoms with Crippen LogP contribution in [0.15, 0.2) is 41.3 Å². The molecule has 1 aliphatic rings. The summed E-state index contributed by atoms with van der Waals surface area (Å²) in [5.41, 5.74) is 5.12. The highest BCUT2D eigenvalue weighted by molar-refractivity contribution is 7.89. The Morgan fingerprint density at radius 2 is 1.52 bits per heavy atom. The van der Waals surface area contributed by atoms with Crippen molar-refractivity contribution in [3.05, 3.63) is 64.2 Å². The Bertz CT molecular complexity index is 873. The third-order valence-electron chi connectivity index (χ3n) is 5.88. The first-order valence-corrected chi connectivity index (χ1v) is 11.2. The fourth-order valence-corrected chi connectivity index (χ4v) is 5.99. The number of hydrogen-bond donors (Lipinski definition) is 2. The zero-order valence-electron chi connectivity index (χ0n) is 16.8. The number of likely N-dealkylation sites (tertiary alicyclic amines) is 1. The summed E-state index contributed by atoms with van der Waals surface area (Å²) in [6.45, 7) is 10.8. The molecule has 3 rings (SSSR count). The van der Waals surface area contributed by atoms with E-state index in [2.05, 4.69) is 35.1 Å². The van der Waals surface area contributed by atoms with E-state index in [1.165, 1.54) is 10.5 Å². The van der Waals surface area contributed by atoms with Gasteiger partial charge in [-0.1, -0.05) is 36.4 Å². The van der Waals surface area contributed by atoms with Crippen LogP contribution in [0, 0.1) is 27.7 Å². The first-order valence-electron chi connectivity index (χ1n) is 9.75. The molecule has 0 saturated carbocycles. The van der Waals surface area contributed by atoms with Crippen LogP contribution < -0.4 is 9.62 Å². The smallest absolute Gasteiger partial charge is 0.241 e. The van der Waals surface area contributed by atoms with Crippen LogP contribution in [0.5, 0.6) is 0 Å². The Morgan fingerprint density at radius 1 is 0.963 bits per heavy atom. The maximum absolute atomic E-state index is 13.1. The normalized spacial score (nSPS) is 20.6. The summed E-state index contributed by atoms with van der Waals surface area (Å²) in [6, 6.07) is 12.6. The molecule has 2 N–H and O–H groups in total. The lowest BCUT2D eigenvalue weighted by Gasteiger charge is -2.30. The van der Waals surface area contributed by atoms with Crippen molar-refractivity contribution in [1.29, 1.82) is 0 Å². The molecule has 0 radical (unpaired) electrons. The average Bonchev–Trinajstić information content (AvgIpc) is 2.62. The molecule has 0 bridgehead atoms. The van der Waals surface area contributed by atoms with E-state index in [1.807, 2.05) is 33.8 Å². The second-order valence-electron chi connectivity index (χ2n) is 7.90. The molecule has 0 aromatic heterocycles. The number of piperidine rings is 1. The summed E-state index contributed by atoms with van der Waals surface area (Å²) >= 11 is 0. The molecule has 0 amide bonds.